The number of guanidine groups is 1. The van der Waals surface area contributed by atoms with Crippen molar-refractivity contribution in [1.29, 1.82) is 0 Å². The first kappa shape index (κ1) is 22.3. The van der Waals surface area contributed by atoms with Crippen LogP contribution in [-0.4, -0.2) is 83.3 Å². The summed E-state index contributed by atoms with van der Waals surface area (Å²) in [6, 6.07) is 7.55. The van der Waals surface area contributed by atoms with Gasteiger partial charge in [-0.3, -0.25) is 4.90 Å². The largest absolute Gasteiger partial charge is 0.493 e. The van der Waals surface area contributed by atoms with Crippen LogP contribution in [0.25, 0.3) is 0 Å². The molecule has 1 saturated heterocycles. The first-order valence-corrected chi connectivity index (χ1v) is 11.5. The number of methoxy groups -OCH3 is 1. The molecule has 2 rings (SSSR count). The van der Waals surface area contributed by atoms with Gasteiger partial charge in [0.2, 0.25) is 0 Å². The lowest BCUT2D eigenvalue weighted by Crippen LogP contribution is -2.46. The predicted octanol–water partition coefficient (Wildman–Crippen LogP) is 0.748. The number of para-hydroxylation sites is 2. The number of hydrogen-bond acceptors (Lipinski definition) is 6. The van der Waals surface area contributed by atoms with E-state index in [2.05, 4.69) is 20.5 Å². The van der Waals surface area contributed by atoms with E-state index >= 15 is 0 Å². The molecule has 9 heteroatoms. The highest BCUT2D eigenvalue weighted by Crippen LogP contribution is 2.26. The van der Waals surface area contributed by atoms with Crippen LogP contribution in [0.4, 0.5) is 0 Å². The minimum atomic E-state index is -2.84. The van der Waals surface area contributed by atoms with E-state index in [1.54, 1.807) is 7.11 Å². The summed E-state index contributed by atoms with van der Waals surface area (Å²) in [4.78, 5) is 6.74. The third kappa shape index (κ3) is 7.55. The smallest absolute Gasteiger partial charge is 0.191 e. The molecule has 0 saturated carbocycles. The van der Waals surface area contributed by atoms with Gasteiger partial charge in [0.25, 0.3) is 0 Å². The Kier molecular flexibility index (Phi) is 8.85. The zero-order valence-corrected chi connectivity index (χ0v) is 17.8. The van der Waals surface area contributed by atoms with Crippen molar-refractivity contribution in [2.24, 2.45) is 4.99 Å². The van der Waals surface area contributed by atoms with Crippen molar-refractivity contribution >= 4 is 15.8 Å². The fourth-order valence-corrected chi connectivity index (χ4v) is 4.11. The average molecular weight is 413 g/mol. The van der Waals surface area contributed by atoms with E-state index in [1.807, 2.05) is 38.1 Å². The standard InChI is InChI=1S/C19H32N4O4S/c1-4-20-19(21-9-10-23-11-13-28(24,25)14-12-23)22-15-16(2)27-18-8-6-5-7-17(18)26-3/h5-8,16H,4,9-15H2,1-3H3,(H2,20,21,22). The van der Waals surface area contributed by atoms with Gasteiger partial charge in [0.15, 0.2) is 27.3 Å². The van der Waals surface area contributed by atoms with Crippen LogP contribution in [0.1, 0.15) is 13.8 Å². The summed E-state index contributed by atoms with van der Waals surface area (Å²) in [5, 5.41) is 6.52. The molecule has 0 amide bonds. The highest BCUT2D eigenvalue weighted by atomic mass is 32.2. The van der Waals surface area contributed by atoms with Crippen molar-refractivity contribution in [1.82, 2.24) is 15.5 Å². The van der Waals surface area contributed by atoms with E-state index in [4.69, 9.17) is 9.47 Å². The van der Waals surface area contributed by atoms with Crippen LogP contribution in [0.3, 0.4) is 0 Å². The topological polar surface area (TPSA) is 92.3 Å². The Balaban J connectivity index is 1.79. The third-order valence-corrected chi connectivity index (χ3v) is 6.01. The normalized spacial score (nSPS) is 18.3. The second-order valence-corrected chi connectivity index (χ2v) is 9.02. The van der Waals surface area contributed by atoms with E-state index < -0.39 is 9.84 Å². The molecule has 1 fully saturated rings. The van der Waals surface area contributed by atoms with E-state index in [0.717, 1.165) is 19.0 Å². The molecule has 1 aromatic rings. The summed E-state index contributed by atoms with van der Waals surface area (Å²) in [5.74, 6) is 2.62. The molecule has 0 aliphatic carbocycles. The molecule has 28 heavy (non-hydrogen) atoms. The highest BCUT2D eigenvalue weighted by Gasteiger charge is 2.20. The molecule has 0 spiro atoms. The van der Waals surface area contributed by atoms with Crippen LogP contribution in [-0.2, 0) is 9.84 Å². The zero-order valence-electron chi connectivity index (χ0n) is 17.0. The monoisotopic (exact) mass is 412 g/mol. The van der Waals surface area contributed by atoms with Crippen LogP contribution in [0.5, 0.6) is 11.5 Å². The van der Waals surface area contributed by atoms with Gasteiger partial charge in [-0.1, -0.05) is 12.1 Å². The quantitative estimate of drug-likeness (QED) is 0.457. The first-order chi connectivity index (χ1) is 13.4. The molecule has 0 bridgehead atoms. The number of benzene rings is 1. The maximum Gasteiger partial charge on any atom is 0.191 e. The molecule has 158 valence electrons. The lowest BCUT2D eigenvalue weighted by atomic mass is 10.3. The number of nitrogens with one attached hydrogen (secondary N) is 2. The molecule has 1 aliphatic heterocycles. The summed E-state index contributed by atoms with van der Waals surface area (Å²) in [6.45, 7) is 7.92. The number of aliphatic imine (C=N–C) groups is 1. The lowest BCUT2D eigenvalue weighted by molar-refractivity contribution is 0.219. The molecular formula is C19H32N4O4S. The lowest BCUT2D eigenvalue weighted by Gasteiger charge is -2.26. The third-order valence-electron chi connectivity index (χ3n) is 4.41. The Hall–Kier alpha value is -2.00. The second-order valence-electron chi connectivity index (χ2n) is 6.72. The molecule has 2 N–H and O–H groups in total. The van der Waals surface area contributed by atoms with Gasteiger partial charge in [-0.05, 0) is 26.0 Å². The fourth-order valence-electron chi connectivity index (χ4n) is 2.84. The van der Waals surface area contributed by atoms with Gasteiger partial charge in [-0.2, -0.15) is 0 Å². The van der Waals surface area contributed by atoms with Gasteiger partial charge in [0.05, 0.1) is 25.2 Å². The van der Waals surface area contributed by atoms with Crippen LogP contribution in [0.2, 0.25) is 0 Å². The van der Waals surface area contributed by atoms with Crippen molar-refractivity contribution < 1.29 is 17.9 Å². The number of ether oxygens (including phenoxy) is 2. The van der Waals surface area contributed by atoms with Gasteiger partial charge in [-0.25, -0.2) is 13.4 Å². The number of hydrogen-bond donors (Lipinski definition) is 2. The molecule has 1 unspecified atom stereocenters. The first-order valence-electron chi connectivity index (χ1n) is 9.68. The Labute approximate surface area is 168 Å². The molecule has 0 radical (unpaired) electrons. The predicted molar refractivity (Wildman–Crippen MR) is 112 cm³/mol. The van der Waals surface area contributed by atoms with Crippen LogP contribution in [0.15, 0.2) is 29.3 Å². The second kappa shape index (κ2) is 11.1. The Bertz CT molecular complexity index is 725. The molecule has 1 heterocycles. The number of rotatable bonds is 9. The number of nitrogens with zero attached hydrogens (tertiary/aromatic N) is 2. The van der Waals surface area contributed by atoms with Crippen molar-refractivity contribution in [3.8, 4) is 11.5 Å². The van der Waals surface area contributed by atoms with E-state index in [1.165, 1.54) is 0 Å². The van der Waals surface area contributed by atoms with Crippen LogP contribution in [0, 0.1) is 0 Å². The van der Waals surface area contributed by atoms with Gasteiger partial charge >= 0.3 is 0 Å². The maximum absolute atomic E-state index is 11.5. The Morgan fingerprint density at radius 3 is 2.54 bits per heavy atom. The molecule has 0 aromatic heterocycles. The zero-order chi connectivity index (χ0) is 20.4. The summed E-state index contributed by atoms with van der Waals surface area (Å²) < 4.78 is 34.2. The molecule has 1 atom stereocenters. The SMILES string of the molecule is CCNC(=NCC(C)Oc1ccccc1OC)NCCN1CCS(=O)(=O)CC1. The number of sulfone groups is 1. The van der Waals surface area contributed by atoms with Crippen molar-refractivity contribution in [3.63, 3.8) is 0 Å². The summed E-state index contributed by atoms with van der Waals surface area (Å²) in [5.41, 5.74) is 0. The van der Waals surface area contributed by atoms with E-state index in [9.17, 15) is 8.42 Å². The molecule has 1 aromatic carbocycles. The summed E-state index contributed by atoms with van der Waals surface area (Å²) in [7, 11) is -1.21. The van der Waals surface area contributed by atoms with Crippen molar-refractivity contribution in [2.75, 3.05) is 57.9 Å². The van der Waals surface area contributed by atoms with Gasteiger partial charge in [0, 0.05) is 32.7 Å². The maximum atomic E-state index is 11.5. The van der Waals surface area contributed by atoms with Crippen LogP contribution < -0.4 is 20.1 Å². The summed E-state index contributed by atoms with van der Waals surface area (Å²) >= 11 is 0. The minimum absolute atomic E-state index is 0.112. The highest BCUT2D eigenvalue weighted by molar-refractivity contribution is 7.91. The van der Waals surface area contributed by atoms with Gasteiger partial charge < -0.3 is 20.1 Å². The molecule has 1 aliphatic rings. The van der Waals surface area contributed by atoms with Crippen LogP contribution >= 0.6 is 0 Å². The minimum Gasteiger partial charge on any atom is -0.493 e. The molecular weight excluding hydrogens is 380 g/mol. The van der Waals surface area contributed by atoms with E-state index in [0.29, 0.717) is 37.7 Å². The summed E-state index contributed by atoms with van der Waals surface area (Å²) in [6.07, 6.45) is -0.112. The average Bonchev–Trinajstić information content (AvgIpc) is 2.68. The Morgan fingerprint density at radius 2 is 1.89 bits per heavy atom. The van der Waals surface area contributed by atoms with E-state index in [-0.39, 0.29) is 17.6 Å². The Morgan fingerprint density at radius 1 is 1.21 bits per heavy atom. The van der Waals surface area contributed by atoms with Gasteiger partial charge in [0.1, 0.15) is 6.10 Å². The molecule has 8 nitrogen and oxygen atoms in total. The fraction of sp³-hybridized carbons (Fsp3) is 0.632. The van der Waals surface area contributed by atoms with Crippen molar-refractivity contribution in [2.45, 2.75) is 20.0 Å². The van der Waals surface area contributed by atoms with Gasteiger partial charge in [-0.15, -0.1) is 0 Å². The van der Waals surface area contributed by atoms with Crippen molar-refractivity contribution in [3.05, 3.63) is 24.3 Å².